The Kier molecular flexibility index (Phi) is 4.27. The highest BCUT2D eigenvalue weighted by Gasteiger charge is 2.16. The fourth-order valence-corrected chi connectivity index (χ4v) is 1.97. The van der Waals surface area contributed by atoms with Crippen LogP contribution in [0.4, 0.5) is 0 Å². The van der Waals surface area contributed by atoms with E-state index in [2.05, 4.69) is 18.9 Å². The van der Waals surface area contributed by atoms with Crippen LogP contribution in [0.5, 0.6) is 0 Å². The summed E-state index contributed by atoms with van der Waals surface area (Å²) in [6.45, 7) is 8.23. The van der Waals surface area contributed by atoms with Gasteiger partial charge in [0, 0.05) is 19.2 Å². The van der Waals surface area contributed by atoms with Crippen molar-refractivity contribution < 1.29 is 4.79 Å². The van der Waals surface area contributed by atoms with E-state index in [4.69, 9.17) is 0 Å². The minimum atomic E-state index is 0.240. The monoisotopic (exact) mass is 222 g/mol. The number of Topliss-reactive ketones (excluding diaryl/α,β-unsaturated/α-hetero) is 1. The first-order chi connectivity index (χ1) is 7.43. The zero-order valence-electron chi connectivity index (χ0n) is 11.0. The normalized spacial score (nSPS) is 11.1. The molecule has 3 heteroatoms. The van der Waals surface area contributed by atoms with Gasteiger partial charge in [0.1, 0.15) is 0 Å². The third-order valence-corrected chi connectivity index (χ3v) is 2.97. The van der Waals surface area contributed by atoms with Crippen LogP contribution in [0.2, 0.25) is 0 Å². The van der Waals surface area contributed by atoms with Crippen LogP contribution in [-0.2, 0) is 7.05 Å². The largest absolute Gasteiger partial charge is 0.294 e. The molecule has 0 aliphatic heterocycles. The van der Waals surface area contributed by atoms with E-state index in [1.165, 1.54) is 0 Å². The minimum absolute atomic E-state index is 0.240. The summed E-state index contributed by atoms with van der Waals surface area (Å²) in [6.07, 6.45) is 2.74. The SMILES string of the molecule is Cc1nn(C)c(C)c1C(=O)CCCC(C)C. The molecule has 16 heavy (non-hydrogen) atoms. The van der Waals surface area contributed by atoms with Gasteiger partial charge in [-0.05, 0) is 26.2 Å². The molecule has 0 aliphatic rings. The number of hydrogen-bond donors (Lipinski definition) is 0. The van der Waals surface area contributed by atoms with Crippen molar-refractivity contribution in [1.29, 1.82) is 0 Å². The molecule has 0 unspecified atom stereocenters. The molecule has 1 aromatic heterocycles. The summed E-state index contributed by atoms with van der Waals surface area (Å²) in [4.78, 5) is 12.0. The summed E-state index contributed by atoms with van der Waals surface area (Å²) in [6, 6.07) is 0. The van der Waals surface area contributed by atoms with Crippen LogP contribution in [0, 0.1) is 19.8 Å². The number of nitrogens with zero attached hydrogens (tertiary/aromatic N) is 2. The number of aryl methyl sites for hydroxylation is 2. The smallest absolute Gasteiger partial charge is 0.166 e. The van der Waals surface area contributed by atoms with Crippen molar-refractivity contribution in [3.8, 4) is 0 Å². The Bertz CT molecular complexity index is 378. The predicted octanol–water partition coefficient (Wildman–Crippen LogP) is 3.05. The molecule has 0 radical (unpaired) electrons. The Morgan fingerprint density at radius 1 is 1.38 bits per heavy atom. The van der Waals surface area contributed by atoms with Gasteiger partial charge in [-0.2, -0.15) is 5.10 Å². The Labute approximate surface area is 97.8 Å². The fourth-order valence-electron chi connectivity index (χ4n) is 1.97. The molecule has 0 saturated carbocycles. The van der Waals surface area contributed by atoms with Crippen LogP contribution in [0.25, 0.3) is 0 Å². The molecule has 1 heterocycles. The lowest BCUT2D eigenvalue weighted by molar-refractivity contribution is 0.0977. The molecule has 0 spiro atoms. The fraction of sp³-hybridized carbons (Fsp3) is 0.692. The van der Waals surface area contributed by atoms with E-state index in [0.717, 1.165) is 29.8 Å². The summed E-state index contributed by atoms with van der Waals surface area (Å²) >= 11 is 0. The molecule has 0 amide bonds. The molecule has 0 bridgehead atoms. The number of carbonyl (C=O) groups excluding carboxylic acids is 1. The van der Waals surface area contributed by atoms with E-state index in [1.54, 1.807) is 4.68 Å². The highest BCUT2D eigenvalue weighted by molar-refractivity contribution is 5.98. The van der Waals surface area contributed by atoms with E-state index >= 15 is 0 Å². The first-order valence-corrected chi connectivity index (χ1v) is 5.97. The molecule has 1 aromatic rings. The van der Waals surface area contributed by atoms with E-state index in [9.17, 15) is 4.79 Å². The lowest BCUT2D eigenvalue weighted by Gasteiger charge is -2.04. The molecule has 0 aliphatic carbocycles. The average Bonchev–Trinajstić information content (AvgIpc) is 2.40. The maximum Gasteiger partial charge on any atom is 0.166 e. The van der Waals surface area contributed by atoms with Crippen molar-refractivity contribution in [2.45, 2.75) is 47.0 Å². The van der Waals surface area contributed by atoms with E-state index < -0.39 is 0 Å². The summed E-state index contributed by atoms with van der Waals surface area (Å²) in [5.74, 6) is 0.910. The van der Waals surface area contributed by atoms with Crippen molar-refractivity contribution in [2.24, 2.45) is 13.0 Å². The second kappa shape index (κ2) is 5.28. The first-order valence-electron chi connectivity index (χ1n) is 5.97. The Morgan fingerprint density at radius 2 is 2.00 bits per heavy atom. The van der Waals surface area contributed by atoms with E-state index in [-0.39, 0.29) is 5.78 Å². The maximum absolute atomic E-state index is 12.0. The molecule has 3 nitrogen and oxygen atoms in total. The predicted molar refractivity (Wildman–Crippen MR) is 65.7 cm³/mol. The molecule has 0 saturated heterocycles. The van der Waals surface area contributed by atoms with Crippen molar-refractivity contribution in [1.82, 2.24) is 9.78 Å². The summed E-state index contributed by atoms with van der Waals surface area (Å²) in [5, 5.41) is 4.27. The summed E-state index contributed by atoms with van der Waals surface area (Å²) in [5.41, 5.74) is 2.66. The lowest BCUT2D eigenvalue weighted by Crippen LogP contribution is -2.03. The average molecular weight is 222 g/mol. The van der Waals surface area contributed by atoms with Gasteiger partial charge in [0.25, 0.3) is 0 Å². The molecule has 0 N–H and O–H groups in total. The summed E-state index contributed by atoms with van der Waals surface area (Å²) < 4.78 is 1.78. The first kappa shape index (κ1) is 12.9. The second-order valence-electron chi connectivity index (χ2n) is 4.88. The van der Waals surface area contributed by atoms with Crippen LogP contribution >= 0.6 is 0 Å². The molecule has 90 valence electrons. The van der Waals surface area contributed by atoms with Crippen LogP contribution in [0.15, 0.2) is 0 Å². The van der Waals surface area contributed by atoms with E-state index in [1.807, 2.05) is 20.9 Å². The van der Waals surface area contributed by atoms with Gasteiger partial charge >= 0.3 is 0 Å². The standard InChI is InChI=1S/C13H22N2O/c1-9(2)7-6-8-12(16)13-10(3)14-15(5)11(13)4/h9H,6-8H2,1-5H3. The maximum atomic E-state index is 12.0. The third-order valence-electron chi connectivity index (χ3n) is 2.97. The highest BCUT2D eigenvalue weighted by Crippen LogP contribution is 2.16. The third kappa shape index (κ3) is 2.94. The van der Waals surface area contributed by atoms with Gasteiger partial charge in [-0.25, -0.2) is 0 Å². The van der Waals surface area contributed by atoms with Crippen LogP contribution in [0.3, 0.4) is 0 Å². The van der Waals surface area contributed by atoms with Crippen LogP contribution < -0.4 is 0 Å². The van der Waals surface area contributed by atoms with Gasteiger partial charge < -0.3 is 0 Å². The lowest BCUT2D eigenvalue weighted by atomic mass is 10.0. The van der Waals surface area contributed by atoms with E-state index in [0.29, 0.717) is 12.3 Å². The van der Waals surface area contributed by atoms with Gasteiger partial charge in [0.2, 0.25) is 0 Å². The molecule has 0 aromatic carbocycles. The molecular formula is C13H22N2O. The van der Waals surface area contributed by atoms with Gasteiger partial charge in [-0.3, -0.25) is 9.48 Å². The highest BCUT2D eigenvalue weighted by atomic mass is 16.1. The molecular weight excluding hydrogens is 200 g/mol. The van der Waals surface area contributed by atoms with Crippen molar-refractivity contribution >= 4 is 5.78 Å². The molecule has 0 atom stereocenters. The van der Waals surface area contributed by atoms with Crippen LogP contribution in [-0.4, -0.2) is 15.6 Å². The quantitative estimate of drug-likeness (QED) is 0.718. The zero-order valence-corrected chi connectivity index (χ0v) is 11.0. The topological polar surface area (TPSA) is 34.9 Å². The van der Waals surface area contributed by atoms with Gasteiger partial charge in [-0.1, -0.05) is 20.3 Å². The van der Waals surface area contributed by atoms with Crippen molar-refractivity contribution in [3.05, 3.63) is 17.0 Å². The van der Waals surface area contributed by atoms with Gasteiger partial charge in [-0.15, -0.1) is 0 Å². The van der Waals surface area contributed by atoms with Gasteiger partial charge in [0.05, 0.1) is 11.3 Å². The number of hydrogen-bond acceptors (Lipinski definition) is 2. The number of carbonyl (C=O) groups is 1. The Balaban J connectivity index is 2.66. The second-order valence-corrected chi connectivity index (χ2v) is 4.88. The Hall–Kier alpha value is -1.12. The number of aromatic nitrogens is 2. The number of rotatable bonds is 5. The van der Waals surface area contributed by atoms with Crippen molar-refractivity contribution in [3.63, 3.8) is 0 Å². The Morgan fingerprint density at radius 3 is 2.44 bits per heavy atom. The van der Waals surface area contributed by atoms with Crippen molar-refractivity contribution in [2.75, 3.05) is 0 Å². The summed E-state index contributed by atoms with van der Waals surface area (Å²) in [7, 11) is 1.88. The molecule has 1 rings (SSSR count). The van der Waals surface area contributed by atoms with Crippen LogP contribution in [0.1, 0.15) is 54.9 Å². The number of ketones is 1. The minimum Gasteiger partial charge on any atom is -0.294 e. The zero-order chi connectivity index (χ0) is 12.3. The molecule has 0 fully saturated rings. The van der Waals surface area contributed by atoms with Gasteiger partial charge in [0.15, 0.2) is 5.78 Å².